The normalized spacial score (nSPS) is 23.8. The molecular formula is C18H28O3. The molecule has 3 heteroatoms. The van der Waals surface area contributed by atoms with Crippen LogP contribution in [0.5, 0.6) is 5.75 Å². The molecule has 1 N–H and O–H groups in total. The Balaban J connectivity index is 2.07. The average molecular weight is 292 g/mol. The Morgan fingerprint density at radius 1 is 1.29 bits per heavy atom. The predicted octanol–water partition coefficient (Wildman–Crippen LogP) is 4.23. The predicted molar refractivity (Wildman–Crippen MR) is 84.5 cm³/mol. The van der Waals surface area contributed by atoms with Crippen molar-refractivity contribution in [2.45, 2.75) is 65.3 Å². The molecule has 1 aromatic carbocycles. The summed E-state index contributed by atoms with van der Waals surface area (Å²) < 4.78 is 11.8. The number of rotatable bonds is 6. The number of benzene rings is 1. The fraction of sp³-hybridized carbons (Fsp3) is 0.667. The maximum atomic E-state index is 9.75. The largest absolute Gasteiger partial charge is 0.494 e. The Kier molecular flexibility index (Phi) is 6.07. The van der Waals surface area contributed by atoms with E-state index in [0.29, 0.717) is 25.2 Å². The zero-order chi connectivity index (χ0) is 15.2. The van der Waals surface area contributed by atoms with E-state index in [1.165, 1.54) is 19.3 Å². The zero-order valence-electron chi connectivity index (χ0n) is 13.5. The van der Waals surface area contributed by atoms with E-state index in [4.69, 9.17) is 9.47 Å². The summed E-state index contributed by atoms with van der Waals surface area (Å²) in [6.45, 7) is 7.24. The molecule has 0 radical (unpaired) electrons. The molecule has 3 nitrogen and oxygen atoms in total. The van der Waals surface area contributed by atoms with Crippen LogP contribution < -0.4 is 4.74 Å². The van der Waals surface area contributed by atoms with E-state index in [0.717, 1.165) is 23.3 Å². The maximum absolute atomic E-state index is 9.75. The van der Waals surface area contributed by atoms with Gasteiger partial charge in [-0.25, -0.2) is 0 Å². The molecule has 118 valence electrons. The maximum Gasteiger partial charge on any atom is 0.124 e. The molecule has 1 aliphatic carbocycles. The monoisotopic (exact) mass is 292 g/mol. The SMILES string of the molecule is CCOc1ccc(C(C)O)cc1COC1CCCCC1C. The smallest absolute Gasteiger partial charge is 0.124 e. The summed E-state index contributed by atoms with van der Waals surface area (Å²) in [5, 5.41) is 9.75. The first-order chi connectivity index (χ1) is 10.1. The molecule has 2 rings (SSSR count). The van der Waals surface area contributed by atoms with Crippen LogP contribution in [0.3, 0.4) is 0 Å². The lowest BCUT2D eigenvalue weighted by Gasteiger charge is -2.29. The average Bonchev–Trinajstić information content (AvgIpc) is 2.47. The summed E-state index contributed by atoms with van der Waals surface area (Å²) >= 11 is 0. The van der Waals surface area contributed by atoms with Crippen molar-refractivity contribution in [1.29, 1.82) is 0 Å². The third-order valence-corrected chi connectivity index (χ3v) is 4.35. The molecular weight excluding hydrogens is 264 g/mol. The molecule has 3 atom stereocenters. The Hall–Kier alpha value is -1.06. The summed E-state index contributed by atoms with van der Waals surface area (Å²) in [6, 6.07) is 5.86. The molecule has 21 heavy (non-hydrogen) atoms. The van der Waals surface area contributed by atoms with Crippen molar-refractivity contribution in [3.8, 4) is 5.75 Å². The Morgan fingerprint density at radius 2 is 2.05 bits per heavy atom. The highest BCUT2D eigenvalue weighted by Gasteiger charge is 2.22. The van der Waals surface area contributed by atoms with Crippen LogP contribution in [-0.2, 0) is 11.3 Å². The molecule has 1 aromatic rings. The van der Waals surface area contributed by atoms with Crippen LogP contribution in [0.25, 0.3) is 0 Å². The van der Waals surface area contributed by atoms with Crippen LogP contribution in [0.15, 0.2) is 18.2 Å². The summed E-state index contributed by atoms with van der Waals surface area (Å²) in [5.41, 5.74) is 1.95. The summed E-state index contributed by atoms with van der Waals surface area (Å²) in [5.74, 6) is 1.50. The molecule has 0 aromatic heterocycles. The fourth-order valence-corrected chi connectivity index (χ4v) is 3.00. The van der Waals surface area contributed by atoms with Gasteiger partial charge in [0.25, 0.3) is 0 Å². The lowest BCUT2D eigenvalue weighted by atomic mass is 9.88. The lowest BCUT2D eigenvalue weighted by molar-refractivity contribution is -0.0162. The van der Waals surface area contributed by atoms with Crippen molar-refractivity contribution in [1.82, 2.24) is 0 Å². The van der Waals surface area contributed by atoms with Crippen molar-refractivity contribution in [3.05, 3.63) is 29.3 Å². The summed E-state index contributed by atoms with van der Waals surface area (Å²) in [6.07, 6.45) is 4.89. The van der Waals surface area contributed by atoms with E-state index in [-0.39, 0.29) is 0 Å². The van der Waals surface area contributed by atoms with Crippen molar-refractivity contribution in [2.24, 2.45) is 5.92 Å². The fourth-order valence-electron chi connectivity index (χ4n) is 3.00. The number of hydrogen-bond donors (Lipinski definition) is 1. The van der Waals surface area contributed by atoms with Gasteiger partial charge in [0.05, 0.1) is 25.4 Å². The molecule has 0 bridgehead atoms. The molecule has 3 unspecified atom stereocenters. The van der Waals surface area contributed by atoms with Crippen molar-refractivity contribution in [2.75, 3.05) is 6.61 Å². The van der Waals surface area contributed by atoms with Crippen LogP contribution in [0.4, 0.5) is 0 Å². The standard InChI is InChI=1S/C18H28O3/c1-4-20-18-10-9-15(14(3)19)11-16(18)12-21-17-8-6-5-7-13(17)2/h9-11,13-14,17,19H,4-8,12H2,1-3H3. The van der Waals surface area contributed by atoms with E-state index in [1.54, 1.807) is 6.92 Å². The Bertz CT molecular complexity index is 442. The molecule has 0 spiro atoms. The van der Waals surface area contributed by atoms with Crippen LogP contribution in [0, 0.1) is 5.92 Å². The first-order valence-corrected chi connectivity index (χ1v) is 8.17. The molecule has 0 saturated heterocycles. The highest BCUT2D eigenvalue weighted by Crippen LogP contribution is 2.29. The minimum absolute atomic E-state index is 0.350. The minimum Gasteiger partial charge on any atom is -0.494 e. The second kappa shape index (κ2) is 7.81. The van der Waals surface area contributed by atoms with Crippen LogP contribution in [-0.4, -0.2) is 17.8 Å². The van der Waals surface area contributed by atoms with Crippen LogP contribution in [0.1, 0.15) is 63.7 Å². The minimum atomic E-state index is -0.465. The number of aliphatic hydroxyl groups is 1. The van der Waals surface area contributed by atoms with Gasteiger partial charge in [-0.15, -0.1) is 0 Å². The molecule has 0 aliphatic heterocycles. The van der Waals surface area contributed by atoms with Gasteiger partial charge in [-0.3, -0.25) is 0 Å². The second-order valence-corrected chi connectivity index (χ2v) is 6.09. The molecule has 0 amide bonds. The van der Waals surface area contributed by atoms with E-state index in [2.05, 4.69) is 6.92 Å². The molecule has 1 aliphatic rings. The van der Waals surface area contributed by atoms with E-state index < -0.39 is 6.10 Å². The Labute approximate surface area is 128 Å². The topological polar surface area (TPSA) is 38.7 Å². The van der Waals surface area contributed by atoms with Gasteiger partial charge < -0.3 is 14.6 Å². The molecule has 0 heterocycles. The third-order valence-electron chi connectivity index (χ3n) is 4.35. The highest BCUT2D eigenvalue weighted by atomic mass is 16.5. The summed E-state index contributed by atoms with van der Waals surface area (Å²) in [7, 11) is 0. The van der Waals surface area contributed by atoms with Crippen molar-refractivity contribution in [3.63, 3.8) is 0 Å². The lowest BCUT2D eigenvalue weighted by Crippen LogP contribution is -2.25. The van der Waals surface area contributed by atoms with Gasteiger partial charge >= 0.3 is 0 Å². The van der Waals surface area contributed by atoms with E-state index >= 15 is 0 Å². The quantitative estimate of drug-likeness (QED) is 0.852. The number of hydrogen-bond acceptors (Lipinski definition) is 3. The first kappa shape index (κ1) is 16.3. The molecule has 1 fully saturated rings. The number of ether oxygens (including phenoxy) is 2. The summed E-state index contributed by atoms with van der Waals surface area (Å²) in [4.78, 5) is 0. The number of aliphatic hydroxyl groups excluding tert-OH is 1. The van der Waals surface area contributed by atoms with Crippen LogP contribution in [0.2, 0.25) is 0 Å². The van der Waals surface area contributed by atoms with Gasteiger partial charge in [-0.2, -0.15) is 0 Å². The van der Waals surface area contributed by atoms with E-state index in [1.807, 2.05) is 25.1 Å². The first-order valence-electron chi connectivity index (χ1n) is 8.17. The highest BCUT2D eigenvalue weighted by molar-refractivity contribution is 5.37. The second-order valence-electron chi connectivity index (χ2n) is 6.09. The van der Waals surface area contributed by atoms with Gasteiger partial charge in [0.15, 0.2) is 0 Å². The van der Waals surface area contributed by atoms with Gasteiger partial charge in [0.2, 0.25) is 0 Å². The van der Waals surface area contributed by atoms with Gasteiger partial charge in [-0.1, -0.05) is 25.8 Å². The Morgan fingerprint density at radius 3 is 2.71 bits per heavy atom. The van der Waals surface area contributed by atoms with Crippen molar-refractivity contribution < 1.29 is 14.6 Å². The molecule has 1 saturated carbocycles. The van der Waals surface area contributed by atoms with Gasteiger partial charge in [0, 0.05) is 5.56 Å². The van der Waals surface area contributed by atoms with Gasteiger partial charge in [0.1, 0.15) is 5.75 Å². The van der Waals surface area contributed by atoms with E-state index in [9.17, 15) is 5.11 Å². The van der Waals surface area contributed by atoms with Crippen molar-refractivity contribution >= 4 is 0 Å². The van der Waals surface area contributed by atoms with Crippen LogP contribution >= 0.6 is 0 Å². The zero-order valence-corrected chi connectivity index (χ0v) is 13.5. The van der Waals surface area contributed by atoms with Gasteiger partial charge in [-0.05, 0) is 50.3 Å². The third kappa shape index (κ3) is 4.45.